The molecule has 10 heteroatoms. The number of ether oxygens (including phenoxy) is 1. The van der Waals surface area contributed by atoms with E-state index in [1.54, 1.807) is 43.3 Å². The number of hydrogen-bond acceptors (Lipinski definition) is 5. The molecule has 0 fully saturated rings. The van der Waals surface area contributed by atoms with Gasteiger partial charge in [0, 0.05) is 31.1 Å². The van der Waals surface area contributed by atoms with Crippen LogP contribution in [-0.4, -0.2) is 57.6 Å². The molecule has 2 rings (SSSR count). The third-order valence-electron chi connectivity index (χ3n) is 5.80. The molecule has 0 saturated heterocycles. The lowest BCUT2D eigenvalue weighted by Crippen LogP contribution is -2.48. The van der Waals surface area contributed by atoms with Crippen molar-refractivity contribution >= 4 is 39.1 Å². The van der Waals surface area contributed by atoms with Gasteiger partial charge in [-0.15, -0.1) is 0 Å². The van der Waals surface area contributed by atoms with Crippen LogP contribution < -0.4 is 14.4 Å². The Hall–Kier alpha value is -2.78. The van der Waals surface area contributed by atoms with E-state index < -0.39 is 16.1 Å². The Bertz CT molecular complexity index is 1130. The van der Waals surface area contributed by atoms with Crippen molar-refractivity contribution in [1.82, 2.24) is 10.2 Å². The second-order valence-corrected chi connectivity index (χ2v) is 10.9. The number of rotatable bonds is 14. The first-order chi connectivity index (χ1) is 17.1. The first-order valence-corrected chi connectivity index (χ1v) is 14.2. The number of halogens is 1. The van der Waals surface area contributed by atoms with Crippen LogP contribution in [0.2, 0.25) is 5.02 Å². The summed E-state index contributed by atoms with van der Waals surface area (Å²) >= 11 is 6.33. The number of nitrogens with one attached hydrogen (secondary N) is 1. The van der Waals surface area contributed by atoms with E-state index in [-0.39, 0.29) is 37.7 Å². The van der Waals surface area contributed by atoms with Crippen molar-refractivity contribution < 1.29 is 22.7 Å². The molecule has 1 N–H and O–H groups in total. The second-order valence-electron chi connectivity index (χ2n) is 8.54. The quantitative estimate of drug-likeness (QED) is 0.364. The van der Waals surface area contributed by atoms with Gasteiger partial charge in [0.25, 0.3) is 0 Å². The highest BCUT2D eigenvalue weighted by molar-refractivity contribution is 7.92. The molecule has 36 heavy (non-hydrogen) atoms. The first-order valence-electron chi connectivity index (χ1n) is 12.0. The molecule has 0 spiro atoms. The SMILES string of the molecule is CCCCNC(=O)[C@H](C)N(Cc1ccccc1Cl)C(=O)CCCN(c1ccccc1OC)S(C)(=O)=O. The van der Waals surface area contributed by atoms with Crippen LogP contribution in [0, 0.1) is 0 Å². The minimum atomic E-state index is -3.62. The molecule has 2 amide bonds. The van der Waals surface area contributed by atoms with E-state index >= 15 is 0 Å². The standard InChI is InChI=1S/C26H36ClN3O5S/c1-5-6-17-28-26(32)20(2)29(19-21-12-7-8-13-22(21)27)25(31)16-11-18-30(36(4,33)34)23-14-9-10-15-24(23)35-3/h7-10,12-15,20H,5-6,11,16-19H2,1-4H3,(H,28,32)/t20-/m0/s1. The monoisotopic (exact) mass is 537 g/mol. The number of anilines is 1. The number of carbonyl (C=O) groups excluding carboxylic acids is 2. The van der Waals surface area contributed by atoms with E-state index in [9.17, 15) is 18.0 Å². The Morgan fingerprint density at radius 3 is 2.39 bits per heavy atom. The highest BCUT2D eigenvalue weighted by Gasteiger charge is 2.27. The number of methoxy groups -OCH3 is 1. The van der Waals surface area contributed by atoms with Crippen molar-refractivity contribution in [3.05, 3.63) is 59.1 Å². The fourth-order valence-corrected chi connectivity index (χ4v) is 4.91. The summed E-state index contributed by atoms with van der Waals surface area (Å²) in [6, 6.07) is 13.3. The highest BCUT2D eigenvalue weighted by Crippen LogP contribution is 2.30. The number of unbranched alkanes of at least 4 members (excludes halogenated alkanes) is 1. The van der Waals surface area contributed by atoms with Gasteiger partial charge >= 0.3 is 0 Å². The lowest BCUT2D eigenvalue weighted by atomic mass is 10.1. The van der Waals surface area contributed by atoms with E-state index in [0.717, 1.165) is 24.7 Å². The van der Waals surface area contributed by atoms with Gasteiger partial charge in [-0.1, -0.05) is 55.3 Å². The predicted octanol–water partition coefficient (Wildman–Crippen LogP) is 4.23. The van der Waals surface area contributed by atoms with Crippen LogP contribution in [0.4, 0.5) is 5.69 Å². The van der Waals surface area contributed by atoms with Crippen molar-refractivity contribution in [3.8, 4) is 5.75 Å². The normalized spacial score (nSPS) is 12.0. The number of hydrogen-bond donors (Lipinski definition) is 1. The summed E-state index contributed by atoms with van der Waals surface area (Å²) in [5.74, 6) is -0.0795. The van der Waals surface area contributed by atoms with Crippen LogP contribution in [0.3, 0.4) is 0 Å². The molecule has 0 aliphatic heterocycles. The zero-order valence-corrected chi connectivity index (χ0v) is 22.9. The number of benzene rings is 2. The Balaban J connectivity index is 2.18. The summed E-state index contributed by atoms with van der Waals surface area (Å²) in [4.78, 5) is 27.6. The second kappa shape index (κ2) is 14.1. The maximum atomic E-state index is 13.3. The molecule has 0 saturated carbocycles. The van der Waals surface area contributed by atoms with Crippen LogP contribution >= 0.6 is 11.6 Å². The van der Waals surface area contributed by atoms with Gasteiger partial charge in [0.15, 0.2) is 0 Å². The van der Waals surface area contributed by atoms with Crippen LogP contribution in [0.25, 0.3) is 0 Å². The molecular formula is C26H36ClN3O5S. The summed E-state index contributed by atoms with van der Waals surface area (Å²) in [6.07, 6.45) is 3.22. The largest absolute Gasteiger partial charge is 0.495 e. The Kier molecular flexibility index (Phi) is 11.5. The first kappa shape index (κ1) is 29.5. The van der Waals surface area contributed by atoms with Gasteiger partial charge in [0.1, 0.15) is 11.8 Å². The Morgan fingerprint density at radius 2 is 1.75 bits per heavy atom. The zero-order valence-electron chi connectivity index (χ0n) is 21.4. The minimum absolute atomic E-state index is 0.0538. The Morgan fingerprint density at radius 1 is 1.08 bits per heavy atom. The third kappa shape index (κ3) is 8.41. The van der Waals surface area contributed by atoms with Crippen LogP contribution in [0.15, 0.2) is 48.5 Å². The summed E-state index contributed by atoms with van der Waals surface area (Å²) in [5.41, 5.74) is 1.14. The molecule has 1 atom stereocenters. The third-order valence-corrected chi connectivity index (χ3v) is 7.35. The van der Waals surface area contributed by atoms with Crippen molar-refractivity contribution in [2.45, 2.75) is 52.1 Å². The molecule has 0 aliphatic carbocycles. The van der Waals surface area contributed by atoms with E-state index in [2.05, 4.69) is 5.32 Å². The number of sulfonamides is 1. The average molecular weight is 538 g/mol. The smallest absolute Gasteiger partial charge is 0.242 e. The van der Waals surface area contributed by atoms with Crippen LogP contribution in [0.5, 0.6) is 5.75 Å². The number of amides is 2. The molecule has 198 valence electrons. The van der Waals surface area contributed by atoms with Gasteiger partial charge in [-0.05, 0) is 43.5 Å². The van der Waals surface area contributed by atoms with Crippen molar-refractivity contribution in [2.75, 3.05) is 30.8 Å². The lowest BCUT2D eigenvalue weighted by Gasteiger charge is -2.30. The van der Waals surface area contributed by atoms with Crippen molar-refractivity contribution in [1.29, 1.82) is 0 Å². The van der Waals surface area contributed by atoms with Crippen LogP contribution in [0.1, 0.15) is 45.1 Å². The van der Waals surface area contributed by atoms with E-state index in [1.165, 1.54) is 16.3 Å². The predicted molar refractivity (Wildman–Crippen MR) is 144 cm³/mol. The summed E-state index contributed by atoms with van der Waals surface area (Å²) in [6.45, 7) is 4.52. The molecule has 0 bridgehead atoms. The van der Waals surface area contributed by atoms with Crippen molar-refractivity contribution in [3.63, 3.8) is 0 Å². The van der Waals surface area contributed by atoms with Gasteiger partial charge in [0.05, 0.1) is 19.1 Å². The van der Waals surface area contributed by atoms with Crippen molar-refractivity contribution in [2.24, 2.45) is 0 Å². The van der Waals surface area contributed by atoms with Gasteiger partial charge < -0.3 is 15.0 Å². The molecule has 8 nitrogen and oxygen atoms in total. The van der Waals surface area contributed by atoms with Gasteiger partial charge in [-0.25, -0.2) is 8.42 Å². The van der Waals surface area contributed by atoms with Crippen LogP contribution in [-0.2, 0) is 26.2 Å². The van der Waals surface area contributed by atoms with E-state index in [4.69, 9.17) is 16.3 Å². The molecule has 0 radical (unpaired) electrons. The molecule has 0 aliphatic rings. The summed E-state index contributed by atoms with van der Waals surface area (Å²) in [5, 5.41) is 3.39. The van der Waals surface area contributed by atoms with Gasteiger partial charge in [-0.3, -0.25) is 13.9 Å². The van der Waals surface area contributed by atoms with Gasteiger partial charge in [-0.2, -0.15) is 0 Å². The molecule has 0 aromatic heterocycles. The zero-order chi connectivity index (χ0) is 26.7. The number of carbonyl (C=O) groups is 2. The molecular weight excluding hydrogens is 502 g/mol. The van der Waals surface area contributed by atoms with E-state index in [0.29, 0.717) is 23.0 Å². The maximum absolute atomic E-state index is 13.3. The lowest BCUT2D eigenvalue weighted by molar-refractivity contribution is -0.140. The average Bonchev–Trinajstić information content (AvgIpc) is 2.85. The molecule has 2 aromatic carbocycles. The van der Waals surface area contributed by atoms with E-state index in [1.807, 2.05) is 19.1 Å². The van der Waals surface area contributed by atoms with Gasteiger partial charge in [0.2, 0.25) is 21.8 Å². The topological polar surface area (TPSA) is 96.0 Å². The highest BCUT2D eigenvalue weighted by atomic mass is 35.5. The fraction of sp³-hybridized carbons (Fsp3) is 0.462. The molecule has 2 aromatic rings. The molecule has 0 unspecified atom stereocenters. The minimum Gasteiger partial charge on any atom is -0.495 e. The Labute approximate surface area is 219 Å². The maximum Gasteiger partial charge on any atom is 0.242 e. The summed E-state index contributed by atoms with van der Waals surface area (Å²) < 4.78 is 31.6. The number of para-hydroxylation sites is 2. The summed E-state index contributed by atoms with van der Waals surface area (Å²) in [7, 11) is -2.14. The molecule has 0 heterocycles. The fourth-order valence-electron chi connectivity index (χ4n) is 3.75. The number of nitrogens with zero attached hydrogens (tertiary/aromatic N) is 2.